The molecule has 1 aliphatic carbocycles. The lowest BCUT2D eigenvalue weighted by atomic mass is 9.78. The Hall–Kier alpha value is -2.57. The van der Waals surface area contributed by atoms with E-state index in [1.165, 1.54) is 19.2 Å². The van der Waals surface area contributed by atoms with Gasteiger partial charge in [0.05, 0.1) is 13.4 Å². The van der Waals surface area contributed by atoms with E-state index in [1.54, 1.807) is 12.3 Å². The van der Waals surface area contributed by atoms with Gasteiger partial charge < -0.3 is 19.4 Å². The largest absolute Gasteiger partial charge is 0.464 e. The second-order valence-electron chi connectivity index (χ2n) is 7.43. The molecule has 0 spiro atoms. The number of hydrogen-bond donors (Lipinski definition) is 1. The number of furan rings is 1. The van der Waals surface area contributed by atoms with Crippen LogP contribution in [0.1, 0.15) is 51.0 Å². The SMILES string of the molecule is CC.COC(=O)NC1CC(C(=O)N2CCC(c3coc4cc(F)ccc34)CC2)C1. The number of likely N-dealkylation sites (tertiary alicyclic amines) is 1. The summed E-state index contributed by atoms with van der Waals surface area (Å²) in [6.45, 7) is 5.42. The summed E-state index contributed by atoms with van der Waals surface area (Å²) in [4.78, 5) is 25.8. The Morgan fingerprint density at radius 1 is 1.21 bits per heavy atom. The minimum atomic E-state index is -0.445. The van der Waals surface area contributed by atoms with Crippen molar-refractivity contribution in [3.05, 3.63) is 35.8 Å². The van der Waals surface area contributed by atoms with Crippen molar-refractivity contribution in [1.29, 1.82) is 0 Å². The fourth-order valence-corrected chi connectivity index (χ4v) is 4.17. The number of carbonyl (C=O) groups excluding carboxylic acids is 2. The van der Waals surface area contributed by atoms with Crippen LogP contribution in [0.2, 0.25) is 0 Å². The number of methoxy groups -OCH3 is 1. The van der Waals surface area contributed by atoms with Gasteiger partial charge in [0.2, 0.25) is 5.91 Å². The minimum absolute atomic E-state index is 0.0126. The molecule has 29 heavy (non-hydrogen) atoms. The molecule has 2 fully saturated rings. The molecule has 1 aliphatic heterocycles. The molecule has 2 aromatic rings. The number of halogens is 1. The Kier molecular flexibility index (Phi) is 6.77. The van der Waals surface area contributed by atoms with E-state index in [9.17, 15) is 14.0 Å². The molecule has 1 aromatic carbocycles. The number of amides is 2. The molecule has 158 valence electrons. The summed E-state index contributed by atoms with van der Waals surface area (Å²) in [5.41, 5.74) is 1.67. The lowest BCUT2D eigenvalue weighted by molar-refractivity contribution is -0.140. The number of piperidine rings is 1. The zero-order valence-corrected chi connectivity index (χ0v) is 17.2. The van der Waals surface area contributed by atoms with E-state index in [2.05, 4.69) is 10.1 Å². The molecule has 0 bridgehead atoms. The maximum Gasteiger partial charge on any atom is 0.407 e. The van der Waals surface area contributed by atoms with Crippen molar-refractivity contribution < 1.29 is 23.1 Å². The summed E-state index contributed by atoms with van der Waals surface area (Å²) in [5.74, 6) is 0.178. The summed E-state index contributed by atoms with van der Waals surface area (Å²) >= 11 is 0. The first-order chi connectivity index (χ1) is 14.0. The van der Waals surface area contributed by atoms with Crippen molar-refractivity contribution in [2.75, 3.05) is 20.2 Å². The van der Waals surface area contributed by atoms with Crippen LogP contribution in [0.5, 0.6) is 0 Å². The first kappa shape index (κ1) is 21.1. The fourth-order valence-electron chi connectivity index (χ4n) is 4.17. The van der Waals surface area contributed by atoms with Gasteiger partial charge in [-0.15, -0.1) is 0 Å². The van der Waals surface area contributed by atoms with Crippen molar-refractivity contribution in [3.8, 4) is 0 Å². The Morgan fingerprint density at radius 2 is 1.90 bits per heavy atom. The molecule has 7 heteroatoms. The van der Waals surface area contributed by atoms with E-state index >= 15 is 0 Å². The van der Waals surface area contributed by atoms with Crippen LogP contribution >= 0.6 is 0 Å². The molecule has 1 aromatic heterocycles. The second kappa shape index (κ2) is 9.29. The van der Waals surface area contributed by atoms with Gasteiger partial charge in [-0.05, 0) is 43.7 Å². The first-order valence-electron chi connectivity index (χ1n) is 10.3. The minimum Gasteiger partial charge on any atom is -0.464 e. The van der Waals surface area contributed by atoms with Crippen LogP contribution < -0.4 is 5.32 Å². The van der Waals surface area contributed by atoms with Crippen molar-refractivity contribution in [1.82, 2.24) is 10.2 Å². The van der Waals surface area contributed by atoms with Gasteiger partial charge in [-0.1, -0.05) is 13.8 Å². The molecule has 0 atom stereocenters. The Labute approximate surface area is 170 Å². The van der Waals surface area contributed by atoms with Gasteiger partial charge in [0, 0.05) is 42.1 Å². The van der Waals surface area contributed by atoms with Crippen molar-refractivity contribution in [2.24, 2.45) is 5.92 Å². The average molecular weight is 404 g/mol. The zero-order chi connectivity index (χ0) is 21.0. The molecule has 2 aliphatic rings. The lowest BCUT2D eigenvalue weighted by Gasteiger charge is -2.40. The van der Waals surface area contributed by atoms with Crippen LogP contribution in [0.3, 0.4) is 0 Å². The number of ether oxygens (including phenoxy) is 1. The molecule has 6 nitrogen and oxygen atoms in total. The number of alkyl carbamates (subject to hydrolysis) is 1. The average Bonchev–Trinajstić information content (AvgIpc) is 3.14. The predicted molar refractivity (Wildman–Crippen MR) is 108 cm³/mol. The third kappa shape index (κ3) is 4.54. The van der Waals surface area contributed by atoms with E-state index < -0.39 is 6.09 Å². The number of nitrogens with zero attached hydrogens (tertiary/aromatic N) is 1. The van der Waals surface area contributed by atoms with E-state index in [0.717, 1.165) is 23.8 Å². The molecule has 2 amide bonds. The predicted octanol–water partition coefficient (Wildman–Crippen LogP) is 4.44. The van der Waals surface area contributed by atoms with E-state index in [4.69, 9.17) is 4.42 Å². The number of fused-ring (bicyclic) bond motifs is 1. The maximum absolute atomic E-state index is 13.3. The molecule has 4 rings (SSSR count). The molecule has 1 N–H and O–H groups in total. The van der Waals surface area contributed by atoms with Crippen molar-refractivity contribution in [2.45, 2.75) is 51.5 Å². The molecule has 1 saturated heterocycles. The van der Waals surface area contributed by atoms with Crippen LogP contribution in [0.4, 0.5) is 9.18 Å². The number of nitrogens with one attached hydrogen (secondary N) is 1. The molecular formula is C22H29FN2O4. The normalized spacial score (nSPS) is 21.7. The highest BCUT2D eigenvalue weighted by Gasteiger charge is 2.38. The Morgan fingerprint density at radius 3 is 2.55 bits per heavy atom. The molecule has 1 saturated carbocycles. The molecule has 2 heterocycles. The summed E-state index contributed by atoms with van der Waals surface area (Å²) in [6, 6.07) is 4.66. The lowest BCUT2D eigenvalue weighted by Crippen LogP contribution is -2.51. The highest BCUT2D eigenvalue weighted by Crippen LogP contribution is 2.36. The monoisotopic (exact) mass is 404 g/mol. The quantitative estimate of drug-likeness (QED) is 0.821. The first-order valence-corrected chi connectivity index (χ1v) is 10.3. The third-order valence-corrected chi connectivity index (χ3v) is 5.81. The molecule has 0 unspecified atom stereocenters. The molecular weight excluding hydrogens is 375 g/mol. The fraction of sp³-hybridized carbons (Fsp3) is 0.545. The third-order valence-electron chi connectivity index (χ3n) is 5.81. The van der Waals surface area contributed by atoms with Gasteiger partial charge >= 0.3 is 6.09 Å². The highest BCUT2D eigenvalue weighted by atomic mass is 19.1. The van der Waals surface area contributed by atoms with Crippen molar-refractivity contribution in [3.63, 3.8) is 0 Å². The van der Waals surface area contributed by atoms with Crippen LogP contribution in [0, 0.1) is 11.7 Å². The maximum atomic E-state index is 13.3. The van der Waals surface area contributed by atoms with Gasteiger partial charge in [-0.3, -0.25) is 4.79 Å². The van der Waals surface area contributed by atoms with E-state index in [1.807, 2.05) is 18.7 Å². The smallest absolute Gasteiger partial charge is 0.407 e. The number of benzene rings is 1. The second-order valence-corrected chi connectivity index (χ2v) is 7.43. The Bertz CT molecular complexity index is 852. The van der Waals surface area contributed by atoms with Gasteiger partial charge in [0.1, 0.15) is 11.4 Å². The van der Waals surface area contributed by atoms with E-state index in [0.29, 0.717) is 37.4 Å². The van der Waals surface area contributed by atoms with Crippen LogP contribution in [-0.2, 0) is 9.53 Å². The summed E-state index contributed by atoms with van der Waals surface area (Å²) in [5, 5.41) is 3.69. The summed E-state index contributed by atoms with van der Waals surface area (Å²) in [6.07, 6.45) is 4.36. The number of carbonyl (C=O) groups is 2. The van der Waals surface area contributed by atoms with Crippen LogP contribution in [0.15, 0.2) is 28.9 Å². The topological polar surface area (TPSA) is 71.8 Å². The zero-order valence-electron chi connectivity index (χ0n) is 17.2. The van der Waals surface area contributed by atoms with Gasteiger partial charge in [-0.25, -0.2) is 9.18 Å². The summed E-state index contributed by atoms with van der Waals surface area (Å²) < 4.78 is 23.4. The summed E-state index contributed by atoms with van der Waals surface area (Å²) in [7, 11) is 1.33. The highest BCUT2D eigenvalue weighted by molar-refractivity contribution is 5.82. The van der Waals surface area contributed by atoms with E-state index in [-0.39, 0.29) is 23.7 Å². The standard InChI is InChI=1S/C20H23FN2O4.C2H6/c1-26-20(25)22-15-8-13(9-15)19(24)23-6-4-12(5-7-23)17-11-27-18-10-14(21)2-3-16(17)18;1-2/h2-3,10-13,15H,4-9H2,1H3,(H,22,25);1-2H3. The van der Waals surface area contributed by atoms with Crippen LogP contribution in [0.25, 0.3) is 11.0 Å². The van der Waals surface area contributed by atoms with Gasteiger partial charge in [0.25, 0.3) is 0 Å². The number of hydrogen-bond acceptors (Lipinski definition) is 4. The van der Waals surface area contributed by atoms with Gasteiger partial charge in [0.15, 0.2) is 0 Å². The molecule has 0 radical (unpaired) electrons. The Balaban J connectivity index is 0.00000117. The number of rotatable bonds is 3. The van der Waals surface area contributed by atoms with Crippen molar-refractivity contribution >= 4 is 23.0 Å². The van der Waals surface area contributed by atoms with Gasteiger partial charge in [-0.2, -0.15) is 0 Å². The van der Waals surface area contributed by atoms with Crippen LogP contribution in [-0.4, -0.2) is 43.1 Å².